The van der Waals surface area contributed by atoms with Crippen molar-refractivity contribution in [2.45, 2.75) is 31.5 Å². The lowest BCUT2D eigenvalue weighted by molar-refractivity contribution is -0.137. The molecular formula is C25H26ClF3N4O2. The summed E-state index contributed by atoms with van der Waals surface area (Å²) in [6, 6.07) is 16.9. The first-order valence-electron chi connectivity index (χ1n) is 10.8. The lowest BCUT2D eigenvalue weighted by Crippen LogP contribution is -2.43. The number of nitrogens with one attached hydrogen (secondary N) is 1. The van der Waals surface area contributed by atoms with Gasteiger partial charge in [0.05, 0.1) is 16.7 Å². The Morgan fingerprint density at radius 1 is 0.971 bits per heavy atom. The van der Waals surface area contributed by atoms with E-state index < -0.39 is 17.3 Å². The number of halogens is 4. The Bertz CT molecular complexity index is 1300. The fourth-order valence-electron chi connectivity index (χ4n) is 4.47. The maximum atomic E-state index is 13.1. The summed E-state index contributed by atoms with van der Waals surface area (Å²) in [6.45, 7) is 2.75. The fraction of sp³-hybridized carbons (Fsp3) is 0.280. The Hall–Kier alpha value is -3.14. The summed E-state index contributed by atoms with van der Waals surface area (Å²) in [5.41, 5.74) is 1.82. The molecule has 6 nitrogen and oxygen atoms in total. The number of anilines is 1. The Balaban J connectivity index is 0.00000171. The molecule has 5 rings (SSSR count). The summed E-state index contributed by atoms with van der Waals surface area (Å²) < 4.78 is 39.4. The van der Waals surface area contributed by atoms with Crippen molar-refractivity contribution in [3.63, 3.8) is 0 Å². The van der Waals surface area contributed by atoms with Crippen molar-refractivity contribution in [3.05, 3.63) is 77.6 Å². The topological polar surface area (TPSA) is 96.5 Å². The van der Waals surface area contributed by atoms with Gasteiger partial charge in [0, 0.05) is 18.8 Å². The number of fused-ring (bicyclic) bond motifs is 1. The second-order valence-corrected chi connectivity index (χ2v) is 8.50. The number of hydrogen-bond donors (Lipinski definition) is 2. The highest BCUT2D eigenvalue weighted by atomic mass is 35.5. The summed E-state index contributed by atoms with van der Waals surface area (Å²) in [4.78, 5) is 14.7. The van der Waals surface area contributed by atoms with E-state index in [1.54, 1.807) is 6.07 Å². The highest BCUT2D eigenvalue weighted by Gasteiger charge is 2.37. The van der Waals surface area contributed by atoms with Gasteiger partial charge in [-0.25, -0.2) is 9.97 Å². The van der Waals surface area contributed by atoms with Gasteiger partial charge in [-0.3, -0.25) is 0 Å². The molecule has 0 atom stereocenters. The van der Waals surface area contributed by atoms with Crippen LogP contribution in [0.1, 0.15) is 29.8 Å². The van der Waals surface area contributed by atoms with E-state index in [0.29, 0.717) is 37.3 Å². The number of H-pyrrole nitrogens is 1. The molecule has 1 aliphatic heterocycles. The van der Waals surface area contributed by atoms with Crippen LogP contribution in [0.4, 0.5) is 19.0 Å². The van der Waals surface area contributed by atoms with E-state index in [1.165, 1.54) is 6.07 Å². The van der Waals surface area contributed by atoms with E-state index in [4.69, 9.17) is 0 Å². The SMILES string of the molecule is Cc1nc(N2CCC(O)(c3cccc(C(F)(F)F)c3)CC2)c2[nH]c(-c3ccccc3)cc2n1.Cl.O. The highest BCUT2D eigenvalue weighted by molar-refractivity contribution is 5.91. The first-order valence-corrected chi connectivity index (χ1v) is 10.8. The molecule has 0 saturated carbocycles. The predicted molar refractivity (Wildman–Crippen MR) is 132 cm³/mol. The summed E-state index contributed by atoms with van der Waals surface area (Å²) >= 11 is 0. The van der Waals surface area contributed by atoms with Crippen LogP contribution in [0.3, 0.4) is 0 Å². The number of benzene rings is 2. The van der Waals surface area contributed by atoms with Gasteiger partial charge in [-0.05, 0) is 49.1 Å². The van der Waals surface area contributed by atoms with Crippen molar-refractivity contribution >= 4 is 29.3 Å². The van der Waals surface area contributed by atoms with Crippen LogP contribution in [0.25, 0.3) is 22.3 Å². The minimum Gasteiger partial charge on any atom is -0.412 e. The van der Waals surface area contributed by atoms with Gasteiger partial charge in [-0.1, -0.05) is 42.5 Å². The monoisotopic (exact) mass is 506 g/mol. The quantitative estimate of drug-likeness (QED) is 0.407. The third kappa shape index (κ3) is 5.12. The Kier molecular flexibility index (Phi) is 7.45. The summed E-state index contributed by atoms with van der Waals surface area (Å²) in [5, 5.41) is 11.2. The van der Waals surface area contributed by atoms with E-state index in [9.17, 15) is 18.3 Å². The number of piperidine rings is 1. The summed E-state index contributed by atoms with van der Waals surface area (Å²) in [6.07, 6.45) is -3.85. The Morgan fingerprint density at radius 3 is 2.31 bits per heavy atom. The zero-order valence-corrected chi connectivity index (χ0v) is 19.7. The van der Waals surface area contributed by atoms with E-state index in [0.717, 1.165) is 40.2 Å². The smallest absolute Gasteiger partial charge is 0.412 e. The van der Waals surface area contributed by atoms with Crippen molar-refractivity contribution in [2.75, 3.05) is 18.0 Å². The van der Waals surface area contributed by atoms with E-state index in [1.807, 2.05) is 43.3 Å². The normalized spacial score (nSPS) is 15.4. The van der Waals surface area contributed by atoms with Crippen molar-refractivity contribution in [1.29, 1.82) is 0 Å². The maximum absolute atomic E-state index is 13.1. The Morgan fingerprint density at radius 2 is 1.66 bits per heavy atom. The average Bonchev–Trinajstić information content (AvgIpc) is 3.23. The van der Waals surface area contributed by atoms with Crippen molar-refractivity contribution in [3.8, 4) is 11.3 Å². The third-order valence-corrected chi connectivity index (χ3v) is 6.27. The molecule has 3 heterocycles. The molecule has 1 saturated heterocycles. The molecule has 10 heteroatoms. The van der Waals surface area contributed by atoms with Gasteiger partial charge in [-0.15, -0.1) is 12.4 Å². The van der Waals surface area contributed by atoms with E-state index >= 15 is 0 Å². The van der Waals surface area contributed by atoms with Crippen LogP contribution < -0.4 is 4.90 Å². The van der Waals surface area contributed by atoms with Gasteiger partial charge in [0.15, 0.2) is 5.82 Å². The van der Waals surface area contributed by atoms with Gasteiger partial charge in [-0.2, -0.15) is 13.2 Å². The van der Waals surface area contributed by atoms with E-state index in [-0.39, 0.29) is 17.9 Å². The molecule has 0 bridgehead atoms. The van der Waals surface area contributed by atoms with Crippen LogP contribution in [0, 0.1) is 6.92 Å². The van der Waals surface area contributed by atoms with Crippen molar-refractivity contribution in [1.82, 2.24) is 15.0 Å². The lowest BCUT2D eigenvalue weighted by Gasteiger charge is -2.39. The summed E-state index contributed by atoms with van der Waals surface area (Å²) in [5.74, 6) is 1.38. The lowest BCUT2D eigenvalue weighted by atomic mass is 9.83. The second-order valence-electron chi connectivity index (χ2n) is 8.50. The van der Waals surface area contributed by atoms with Crippen LogP contribution in [0.2, 0.25) is 0 Å². The second kappa shape index (κ2) is 9.85. The van der Waals surface area contributed by atoms with Crippen molar-refractivity contribution in [2.24, 2.45) is 0 Å². The molecule has 0 amide bonds. The molecule has 1 aliphatic rings. The molecule has 0 radical (unpaired) electrons. The Labute approximate surface area is 206 Å². The first-order chi connectivity index (χ1) is 15.7. The molecule has 2 aromatic heterocycles. The molecule has 4 aromatic rings. The van der Waals surface area contributed by atoms with Gasteiger partial charge < -0.3 is 20.5 Å². The summed E-state index contributed by atoms with van der Waals surface area (Å²) in [7, 11) is 0. The molecule has 2 aromatic carbocycles. The van der Waals surface area contributed by atoms with E-state index in [2.05, 4.69) is 19.9 Å². The number of aromatic amines is 1. The van der Waals surface area contributed by atoms with Gasteiger partial charge in [0.2, 0.25) is 0 Å². The minimum absolute atomic E-state index is 0. The predicted octanol–water partition coefficient (Wildman–Crippen LogP) is 5.04. The number of hydrogen-bond acceptors (Lipinski definition) is 4. The molecule has 186 valence electrons. The molecule has 35 heavy (non-hydrogen) atoms. The van der Waals surface area contributed by atoms with Crippen LogP contribution in [-0.4, -0.2) is 38.6 Å². The van der Waals surface area contributed by atoms with Crippen LogP contribution in [-0.2, 0) is 11.8 Å². The van der Waals surface area contributed by atoms with Crippen LogP contribution in [0.15, 0.2) is 60.7 Å². The number of aliphatic hydroxyl groups is 1. The molecular weight excluding hydrogens is 481 g/mol. The molecule has 4 N–H and O–H groups in total. The number of aromatic nitrogens is 3. The zero-order valence-electron chi connectivity index (χ0n) is 18.9. The number of nitrogens with zero attached hydrogens (tertiary/aromatic N) is 3. The first kappa shape index (κ1) is 26.5. The van der Waals surface area contributed by atoms with Gasteiger partial charge >= 0.3 is 6.18 Å². The van der Waals surface area contributed by atoms with Gasteiger partial charge in [0.1, 0.15) is 11.3 Å². The highest BCUT2D eigenvalue weighted by Crippen LogP contribution is 2.38. The largest absolute Gasteiger partial charge is 0.416 e. The number of rotatable bonds is 3. The standard InChI is InChI=1S/C25H23F3N4O.ClH.H2O/c1-16-29-21-15-20(17-6-3-2-4-7-17)31-22(21)23(30-16)32-12-10-24(33,11-13-32)18-8-5-9-19(14-18)25(26,27)28;;/h2-9,14-15,31,33H,10-13H2,1H3;1H;1H2. The number of alkyl halides is 3. The van der Waals surface area contributed by atoms with Crippen molar-refractivity contribution < 1.29 is 23.8 Å². The third-order valence-electron chi connectivity index (χ3n) is 6.27. The molecule has 0 aliphatic carbocycles. The maximum Gasteiger partial charge on any atom is 0.416 e. The number of aryl methyl sites for hydroxylation is 1. The molecule has 1 fully saturated rings. The van der Waals surface area contributed by atoms with Crippen LogP contribution >= 0.6 is 12.4 Å². The van der Waals surface area contributed by atoms with Crippen LogP contribution in [0.5, 0.6) is 0 Å². The molecule has 0 spiro atoms. The zero-order chi connectivity index (χ0) is 23.2. The minimum atomic E-state index is -4.44. The average molecular weight is 507 g/mol. The van der Waals surface area contributed by atoms with Gasteiger partial charge in [0.25, 0.3) is 0 Å². The molecule has 0 unspecified atom stereocenters. The fourth-order valence-corrected chi connectivity index (χ4v) is 4.47.